The molecule has 5 heteroatoms. The Morgan fingerprint density at radius 3 is 2.56 bits per heavy atom. The summed E-state index contributed by atoms with van der Waals surface area (Å²) in [6.07, 6.45) is 0.385. The molecule has 1 aromatic rings. The average Bonchev–Trinajstić information content (AvgIpc) is 2.19. The van der Waals surface area contributed by atoms with Crippen LogP contribution in [0.15, 0.2) is 28.7 Å². The molecule has 0 aliphatic carbocycles. The molecular weight excluding hydrogens is 272 g/mol. The molecule has 1 atom stereocenters. The number of nitrogens with one attached hydrogen (secondary N) is 1. The van der Waals surface area contributed by atoms with Crippen molar-refractivity contribution < 1.29 is 9.59 Å². The Morgan fingerprint density at radius 1 is 1.44 bits per heavy atom. The van der Waals surface area contributed by atoms with Crippen LogP contribution in [-0.4, -0.2) is 17.9 Å². The van der Waals surface area contributed by atoms with Gasteiger partial charge in [0.05, 0.1) is 0 Å². The molecule has 2 amide bonds. The number of benzene rings is 1. The fourth-order valence-corrected chi connectivity index (χ4v) is 1.80. The molecule has 0 fully saturated rings. The van der Waals surface area contributed by atoms with E-state index < -0.39 is 11.9 Å². The highest BCUT2D eigenvalue weighted by atomic mass is 79.9. The number of halogens is 1. The Bertz CT molecular complexity index is 407. The summed E-state index contributed by atoms with van der Waals surface area (Å²) >= 11 is 3.38. The number of hydrogen-bond acceptors (Lipinski definition) is 2. The molecule has 1 rings (SSSR count). The van der Waals surface area contributed by atoms with Crippen LogP contribution in [0.3, 0.4) is 0 Å². The van der Waals surface area contributed by atoms with Gasteiger partial charge in [-0.25, -0.2) is 0 Å². The van der Waals surface area contributed by atoms with Gasteiger partial charge in [0.2, 0.25) is 11.8 Å². The van der Waals surface area contributed by atoms with Crippen molar-refractivity contribution in [1.82, 2.24) is 5.32 Å². The first-order chi connectivity index (χ1) is 7.50. The zero-order chi connectivity index (χ0) is 12.1. The fraction of sp³-hybridized carbons (Fsp3) is 0.273. The van der Waals surface area contributed by atoms with Gasteiger partial charge in [0.1, 0.15) is 6.04 Å². The summed E-state index contributed by atoms with van der Waals surface area (Å²) in [5, 5.41) is 2.52. The molecule has 0 aliphatic heterocycles. The Morgan fingerprint density at radius 2 is 2.06 bits per heavy atom. The van der Waals surface area contributed by atoms with Crippen LogP contribution < -0.4 is 11.1 Å². The number of carbonyl (C=O) groups is 2. The van der Waals surface area contributed by atoms with E-state index in [4.69, 9.17) is 5.73 Å². The van der Waals surface area contributed by atoms with E-state index in [1.54, 1.807) is 0 Å². The van der Waals surface area contributed by atoms with Gasteiger partial charge in [-0.2, -0.15) is 0 Å². The van der Waals surface area contributed by atoms with Crippen molar-refractivity contribution in [3.8, 4) is 0 Å². The molecule has 0 spiro atoms. The summed E-state index contributed by atoms with van der Waals surface area (Å²) in [5.74, 6) is -0.804. The van der Waals surface area contributed by atoms with E-state index in [2.05, 4.69) is 21.2 Å². The SMILES string of the molecule is CC(=O)N[C@H](Cc1ccccc1Br)C(N)=O. The van der Waals surface area contributed by atoms with Gasteiger partial charge in [0.15, 0.2) is 0 Å². The summed E-state index contributed by atoms with van der Waals surface area (Å²) in [7, 11) is 0. The lowest BCUT2D eigenvalue weighted by Crippen LogP contribution is -2.45. The molecule has 0 aromatic heterocycles. The summed E-state index contributed by atoms with van der Waals surface area (Å²) in [6.45, 7) is 1.36. The van der Waals surface area contributed by atoms with E-state index in [0.717, 1.165) is 10.0 Å². The van der Waals surface area contributed by atoms with E-state index in [1.807, 2.05) is 24.3 Å². The number of hydrogen-bond donors (Lipinski definition) is 2. The number of carbonyl (C=O) groups excluding carboxylic acids is 2. The third kappa shape index (κ3) is 3.66. The maximum atomic E-state index is 11.1. The molecule has 86 valence electrons. The summed E-state index contributed by atoms with van der Waals surface area (Å²) in [6, 6.07) is 6.83. The molecule has 0 heterocycles. The molecule has 0 bridgehead atoms. The highest BCUT2D eigenvalue weighted by Gasteiger charge is 2.17. The standard InChI is InChI=1S/C11H13BrN2O2/c1-7(15)14-10(11(13)16)6-8-4-2-3-5-9(8)12/h2-5,10H,6H2,1H3,(H2,13,16)(H,14,15)/t10-/m1/s1. The minimum absolute atomic E-state index is 0.268. The molecule has 0 saturated carbocycles. The quantitative estimate of drug-likeness (QED) is 0.865. The monoisotopic (exact) mass is 284 g/mol. The zero-order valence-electron chi connectivity index (χ0n) is 8.87. The second-order valence-electron chi connectivity index (χ2n) is 3.45. The van der Waals surface area contributed by atoms with Gasteiger partial charge < -0.3 is 11.1 Å². The smallest absolute Gasteiger partial charge is 0.240 e. The van der Waals surface area contributed by atoms with Gasteiger partial charge in [-0.1, -0.05) is 34.1 Å². The van der Waals surface area contributed by atoms with Gasteiger partial charge >= 0.3 is 0 Å². The molecular formula is C11H13BrN2O2. The van der Waals surface area contributed by atoms with Crippen LogP contribution in [-0.2, 0) is 16.0 Å². The highest BCUT2D eigenvalue weighted by Crippen LogP contribution is 2.17. The van der Waals surface area contributed by atoms with Gasteiger partial charge in [-0.05, 0) is 11.6 Å². The number of amides is 2. The number of rotatable bonds is 4. The van der Waals surface area contributed by atoms with E-state index in [-0.39, 0.29) is 5.91 Å². The lowest BCUT2D eigenvalue weighted by atomic mass is 10.1. The predicted octanol–water partition coefficient (Wildman–Crippen LogP) is 0.982. The Kier molecular flexibility index (Phi) is 4.49. The number of primary amides is 1. The molecule has 1 aromatic carbocycles. The van der Waals surface area contributed by atoms with Crippen molar-refractivity contribution in [2.24, 2.45) is 5.73 Å². The maximum absolute atomic E-state index is 11.1. The van der Waals surface area contributed by atoms with Crippen molar-refractivity contribution in [1.29, 1.82) is 0 Å². The van der Waals surface area contributed by atoms with Crippen LogP contribution in [0.5, 0.6) is 0 Å². The van der Waals surface area contributed by atoms with E-state index in [9.17, 15) is 9.59 Å². The van der Waals surface area contributed by atoms with Crippen LogP contribution in [0.2, 0.25) is 0 Å². The van der Waals surface area contributed by atoms with Crippen molar-refractivity contribution in [2.75, 3.05) is 0 Å². The minimum Gasteiger partial charge on any atom is -0.368 e. The Balaban J connectivity index is 2.80. The Labute approximate surface area is 102 Å². The first-order valence-electron chi connectivity index (χ1n) is 4.80. The van der Waals surface area contributed by atoms with Crippen LogP contribution in [0, 0.1) is 0 Å². The van der Waals surface area contributed by atoms with Gasteiger partial charge in [-0.3, -0.25) is 9.59 Å². The van der Waals surface area contributed by atoms with Crippen molar-refractivity contribution in [3.63, 3.8) is 0 Å². The molecule has 0 radical (unpaired) electrons. The third-order valence-corrected chi connectivity index (χ3v) is 2.88. The summed E-state index contributed by atoms with van der Waals surface area (Å²) in [5.41, 5.74) is 6.14. The molecule has 0 aliphatic rings. The van der Waals surface area contributed by atoms with Crippen LogP contribution in [0.1, 0.15) is 12.5 Å². The first-order valence-corrected chi connectivity index (χ1v) is 5.60. The topological polar surface area (TPSA) is 72.2 Å². The van der Waals surface area contributed by atoms with Crippen LogP contribution >= 0.6 is 15.9 Å². The van der Waals surface area contributed by atoms with Crippen molar-refractivity contribution in [2.45, 2.75) is 19.4 Å². The minimum atomic E-state index is -0.670. The van der Waals surface area contributed by atoms with Crippen LogP contribution in [0.25, 0.3) is 0 Å². The largest absolute Gasteiger partial charge is 0.368 e. The molecule has 3 N–H and O–H groups in total. The molecule has 4 nitrogen and oxygen atoms in total. The van der Waals surface area contributed by atoms with E-state index in [0.29, 0.717) is 6.42 Å². The lowest BCUT2D eigenvalue weighted by Gasteiger charge is -2.14. The summed E-state index contributed by atoms with van der Waals surface area (Å²) < 4.78 is 0.895. The highest BCUT2D eigenvalue weighted by molar-refractivity contribution is 9.10. The van der Waals surface area contributed by atoms with Gasteiger partial charge in [0.25, 0.3) is 0 Å². The fourth-order valence-electron chi connectivity index (χ4n) is 1.35. The molecule has 16 heavy (non-hydrogen) atoms. The normalized spacial score (nSPS) is 11.9. The van der Waals surface area contributed by atoms with Crippen molar-refractivity contribution >= 4 is 27.7 Å². The Hall–Kier alpha value is -1.36. The molecule has 0 saturated heterocycles. The van der Waals surface area contributed by atoms with Crippen molar-refractivity contribution in [3.05, 3.63) is 34.3 Å². The van der Waals surface area contributed by atoms with Gasteiger partial charge in [0, 0.05) is 17.8 Å². The van der Waals surface area contributed by atoms with E-state index in [1.165, 1.54) is 6.92 Å². The lowest BCUT2D eigenvalue weighted by molar-refractivity contribution is -0.126. The first kappa shape index (κ1) is 12.7. The third-order valence-electron chi connectivity index (χ3n) is 2.10. The zero-order valence-corrected chi connectivity index (χ0v) is 10.5. The second kappa shape index (κ2) is 5.65. The summed E-state index contributed by atoms with van der Waals surface area (Å²) in [4.78, 5) is 22.0. The average molecular weight is 285 g/mol. The maximum Gasteiger partial charge on any atom is 0.240 e. The number of nitrogens with two attached hydrogens (primary N) is 1. The van der Waals surface area contributed by atoms with E-state index >= 15 is 0 Å². The second-order valence-corrected chi connectivity index (χ2v) is 4.31. The molecule has 0 unspecified atom stereocenters. The predicted molar refractivity (Wildman–Crippen MR) is 64.6 cm³/mol. The van der Waals surface area contributed by atoms with Gasteiger partial charge in [-0.15, -0.1) is 0 Å². The van der Waals surface area contributed by atoms with Crippen LogP contribution in [0.4, 0.5) is 0 Å².